The minimum Gasteiger partial charge on any atom is -0.490 e. The number of anilines is 1. The van der Waals surface area contributed by atoms with Gasteiger partial charge in [-0.05, 0) is 62.1 Å². The summed E-state index contributed by atoms with van der Waals surface area (Å²) in [6, 6.07) is 13.7. The summed E-state index contributed by atoms with van der Waals surface area (Å²) >= 11 is 0. The SMILES string of the molecule is CCCCOc1ccc(CCC(=O)Nc2cccc(C)c2)cc1OCC. The van der Waals surface area contributed by atoms with Crippen LogP contribution in [0.25, 0.3) is 0 Å². The number of unbranched alkanes of at least 4 members (excludes halogenated alkanes) is 1. The maximum absolute atomic E-state index is 12.2. The lowest BCUT2D eigenvalue weighted by molar-refractivity contribution is -0.116. The average molecular weight is 355 g/mol. The van der Waals surface area contributed by atoms with Crippen molar-refractivity contribution in [2.24, 2.45) is 0 Å². The smallest absolute Gasteiger partial charge is 0.224 e. The Bertz CT molecular complexity index is 712. The zero-order valence-electron chi connectivity index (χ0n) is 16.0. The molecule has 26 heavy (non-hydrogen) atoms. The van der Waals surface area contributed by atoms with E-state index in [2.05, 4.69) is 12.2 Å². The molecule has 0 unspecified atom stereocenters. The van der Waals surface area contributed by atoms with Gasteiger partial charge in [0.15, 0.2) is 11.5 Å². The van der Waals surface area contributed by atoms with E-state index in [1.165, 1.54) is 0 Å². The molecule has 0 heterocycles. The van der Waals surface area contributed by atoms with Gasteiger partial charge in [-0.2, -0.15) is 0 Å². The van der Waals surface area contributed by atoms with Crippen molar-refractivity contribution in [1.82, 2.24) is 0 Å². The van der Waals surface area contributed by atoms with Crippen LogP contribution < -0.4 is 14.8 Å². The Kier molecular flexibility index (Phi) is 8.00. The van der Waals surface area contributed by atoms with Crippen molar-refractivity contribution in [1.29, 1.82) is 0 Å². The molecular weight excluding hydrogens is 326 g/mol. The van der Waals surface area contributed by atoms with Crippen molar-refractivity contribution < 1.29 is 14.3 Å². The molecule has 1 N–H and O–H groups in total. The van der Waals surface area contributed by atoms with Crippen LogP contribution in [-0.4, -0.2) is 19.1 Å². The predicted molar refractivity (Wildman–Crippen MR) is 106 cm³/mol. The fourth-order valence-electron chi connectivity index (χ4n) is 2.63. The van der Waals surface area contributed by atoms with Crippen LogP contribution in [-0.2, 0) is 11.2 Å². The molecule has 0 saturated heterocycles. The Morgan fingerprint density at radius 1 is 1.04 bits per heavy atom. The van der Waals surface area contributed by atoms with Crippen molar-refractivity contribution >= 4 is 11.6 Å². The highest BCUT2D eigenvalue weighted by Crippen LogP contribution is 2.29. The summed E-state index contributed by atoms with van der Waals surface area (Å²) < 4.78 is 11.5. The zero-order chi connectivity index (χ0) is 18.8. The highest BCUT2D eigenvalue weighted by atomic mass is 16.5. The minimum atomic E-state index is 0.0110. The molecule has 2 aromatic carbocycles. The standard InChI is InChI=1S/C22H29NO3/c1-4-6-14-26-20-12-10-18(16-21(20)25-5-2)11-13-22(24)23-19-9-7-8-17(3)15-19/h7-10,12,15-16H,4-6,11,13-14H2,1-3H3,(H,23,24). The van der Waals surface area contributed by atoms with Crippen LogP contribution in [0.1, 0.15) is 44.2 Å². The van der Waals surface area contributed by atoms with Crippen LogP contribution in [0.15, 0.2) is 42.5 Å². The number of carbonyl (C=O) groups is 1. The lowest BCUT2D eigenvalue weighted by atomic mass is 10.1. The Morgan fingerprint density at radius 2 is 1.88 bits per heavy atom. The summed E-state index contributed by atoms with van der Waals surface area (Å²) in [6.07, 6.45) is 3.20. The molecule has 0 aliphatic rings. The monoisotopic (exact) mass is 355 g/mol. The normalized spacial score (nSPS) is 10.4. The van der Waals surface area contributed by atoms with E-state index in [4.69, 9.17) is 9.47 Å². The number of nitrogens with one attached hydrogen (secondary N) is 1. The molecule has 4 nitrogen and oxygen atoms in total. The van der Waals surface area contributed by atoms with E-state index >= 15 is 0 Å². The van der Waals surface area contributed by atoms with Crippen LogP contribution >= 0.6 is 0 Å². The molecule has 0 aromatic heterocycles. The van der Waals surface area contributed by atoms with E-state index in [1.807, 2.05) is 56.3 Å². The van der Waals surface area contributed by atoms with Crippen molar-refractivity contribution in [3.05, 3.63) is 53.6 Å². The Balaban J connectivity index is 1.93. The second-order valence-electron chi connectivity index (χ2n) is 6.33. The van der Waals surface area contributed by atoms with Gasteiger partial charge in [-0.3, -0.25) is 4.79 Å². The summed E-state index contributed by atoms with van der Waals surface area (Å²) in [5.74, 6) is 1.53. The topological polar surface area (TPSA) is 47.6 Å². The summed E-state index contributed by atoms with van der Waals surface area (Å²) in [4.78, 5) is 12.2. The van der Waals surface area contributed by atoms with E-state index < -0.39 is 0 Å². The lowest BCUT2D eigenvalue weighted by Crippen LogP contribution is -2.12. The van der Waals surface area contributed by atoms with Gasteiger partial charge in [0.05, 0.1) is 13.2 Å². The van der Waals surface area contributed by atoms with Gasteiger partial charge in [0.1, 0.15) is 0 Å². The summed E-state index contributed by atoms with van der Waals surface area (Å²) in [7, 11) is 0. The molecule has 140 valence electrons. The van der Waals surface area contributed by atoms with Gasteiger partial charge in [-0.15, -0.1) is 0 Å². The summed E-state index contributed by atoms with van der Waals surface area (Å²) in [6.45, 7) is 7.38. The van der Waals surface area contributed by atoms with E-state index in [-0.39, 0.29) is 5.91 Å². The number of hydrogen-bond donors (Lipinski definition) is 1. The molecule has 0 aliphatic heterocycles. The maximum atomic E-state index is 12.2. The lowest BCUT2D eigenvalue weighted by Gasteiger charge is -2.13. The third kappa shape index (κ3) is 6.43. The highest BCUT2D eigenvalue weighted by Gasteiger charge is 2.09. The van der Waals surface area contributed by atoms with Gasteiger partial charge in [0, 0.05) is 12.1 Å². The van der Waals surface area contributed by atoms with E-state index in [1.54, 1.807) is 0 Å². The fourth-order valence-corrected chi connectivity index (χ4v) is 2.63. The first-order chi connectivity index (χ1) is 12.6. The Labute approximate surface area is 156 Å². The molecule has 0 aliphatic carbocycles. The molecule has 0 atom stereocenters. The van der Waals surface area contributed by atoms with Crippen LogP contribution in [0.2, 0.25) is 0 Å². The van der Waals surface area contributed by atoms with Gasteiger partial charge in [0.25, 0.3) is 0 Å². The largest absolute Gasteiger partial charge is 0.490 e. The molecule has 4 heteroatoms. The van der Waals surface area contributed by atoms with Crippen LogP contribution in [0.3, 0.4) is 0 Å². The minimum absolute atomic E-state index is 0.0110. The van der Waals surface area contributed by atoms with Crippen molar-refractivity contribution in [2.75, 3.05) is 18.5 Å². The van der Waals surface area contributed by atoms with Crippen molar-refractivity contribution in [2.45, 2.75) is 46.5 Å². The van der Waals surface area contributed by atoms with Crippen molar-refractivity contribution in [3.8, 4) is 11.5 Å². The van der Waals surface area contributed by atoms with E-state index in [9.17, 15) is 4.79 Å². The first-order valence-corrected chi connectivity index (χ1v) is 9.37. The van der Waals surface area contributed by atoms with Crippen LogP contribution in [0.5, 0.6) is 11.5 Å². The molecule has 0 fully saturated rings. The number of amides is 1. The predicted octanol–water partition coefficient (Wildman–Crippen LogP) is 5.14. The first kappa shape index (κ1) is 19.8. The van der Waals surface area contributed by atoms with Gasteiger partial charge < -0.3 is 14.8 Å². The second-order valence-corrected chi connectivity index (χ2v) is 6.33. The van der Waals surface area contributed by atoms with E-state index in [0.29, 0.717) is 26.1 Å². The quantitative estimate of drug-likeness (QED) is 0.600. The Hall–Kier alpha value is -2.49. The van der Waals surface area contributed by atoms with Gasteiger partial charge in [0.2, 0.25) is 5.91 Å². The third-order valence-corrected chi connectivity index (χ3v) is 4.01. The number of ether oxygens (including phenoxy) is 2. The molecule has 2 rings (SSSR count). The molecule has 0 saturated carbocycles. The maximum Gasteiger partial charge on any atom is 0.224 e. The molecule has 2 aromatic rings. The van der Waals surface area contributed by atoms with Gasteiger partial charge in [-0.1, -0.05) is 31.5 Å². The number of carbonyl (C=O) groups excluding carboxylic acids is 1. The molecule has 0 radical (unpaired) electrons. The number of hydrogen-bond acceptors (Lipinski definition) is 3. The first-order valence-electron chi connectivity index (χ1n) is 9.37. The molecule has 0 bridgehead atoms. The fraction of sp³-hybridized carbons (Fsp3) is 0.409. The van der Waals surface area contributed by atoms with Gasteiger partial charge in [-0.25, -0.2) is 0 Å². The zero-order valence-corrected chi connectivity index (χ0v) is 16.0. The number of rotatable bonds is 10. The highest BCUT2D eigenvalue weighted by molar-refractivity contribution is 5.90. The van der Waals surface area contributed by atoms with Crippen LogP contribution in [0, 0.1) is 6.92 Å². The summed E-state index contributed by atoms with van der Waals surface area (Å²) in [5, 5.41) is 2.94. The number of benzene rings is 2. The Morgan fingerprint density at radius 3 is 2.62 bits per heavy atom. The molecule has 0 spiro atoms. The second kappa shape index (κ2) is 10.5. The number of aryl methyl sites for hydroxylation is 2. The third-order valence-electron chi connectivity index (χ3n) is 4.01. The summed E-state index contributed by atoms with van der Waals surface area (Å²) in [5.41, 5.74) is 3.03. The van der Waals surface area contributed by atoms with Crippen LogP contribution in [0.4, 0.5) is 5.69 Å². The average Bonchev–Trinajstić information content (AvgIpc) is 2.62. The van der Waals surface area contributed by atoms with Crippen molar-refractivity contribution in [3.63, 3.8) is 0 Å². The van der Waals surface area contributed by atoms with Gasteiger partial charge >= 0.3 is 0 Å². The molecule has 1 amide bonds. The molecular formula is C22H29NO3. The van der Waals surface area contributed by atoms with E-state index in [0.717, 1.165) is 41.2 Å².